The standard InChI is InChI=1S/C15H14ClNO/c1-10-2-4-11(5-3-10)14-9-18-15-7-6-12(16)8-13(15)17-14/h2-8,14,17H,9H2,1H3/t14-/m0/s1. The molecular formula is C15H14ClNO. The van der Waals surface area contributed by atoms with E-state index in [1.807, 2.05) is 18.2 Å². The monoisotopic (exact) mass is 259 g/mol. The van der Waals surface area contributed by atoms with Gasteiger partial charge in [-0.1, -0.05) is 41.4 Å². The third-order valence-corrected chi connectivity index (χ3v) is 3.39. The van der Waals surface area contributed by atoms with Gasteiger partial charge in [0.25, 0.3) is 0 Å². The van der Waals surface area contributed by atoms with Crippen molar-refractivity contribution in [1.82, 2.24) is 0 Å². The van der Waals surface area contributed by atoms with E-state index in [0.717, 1.165) is 16.5 Å². The lowest BCUT2D eigenvalue weighted by Crippen LogP contribution is -2.23. The lowest BCUT2D eigenvalue weighted by Gasteiger charge is -2.28. The van der Waals surface area contributed by atoms with Crippen molar-refractivity contribution in [2.24, 2.45) is 0 Å². The zero-order valence-electron chi connectivity index (χ0n) is 10.1. The molecule has 1 heterocycles. The molecular weight excluding hydrogens is 246 g/mol. The Morgan fingerprint density at radius 2 is 1.94 bits per heavy atom. The minimum Gasteiger partial charge on any atom is -0.489 e. The molecule has 92 valence electrons. The van der Waals surface area contributed by atoms with Crippen LogP contribution >= 0.6 is 11.6 Å². The van der Waals surface area contributed by atoms with Gasteiger partial charge in [-0.25, -0.2) is 0 Å². The van der Waals surface area contributed by atoms with Crippen molar-refractivity contribution in [3.63, 3.8) is 0 Å². The van der Waals surface area contributed by atoms with Gasteiger partial charge in [-0.3, -0.25) is 0 Å². The highest BCUT2D eigenvalue weighted by atomic mass is 35.5. The van der Waals surface area contributed by atoms with Gasteiger partial charge in [0.1, 0.15) is 12.4 Å². The van der Waals surface area contributed by atoms with Crippen LogP contribution in [0.5, 0.6) is 5.75 Å². The number of anilines is 1. The van der Waals surface area contributed by atoms with Crippen LogP contribution in [0.3, 0.4) is 0 Å². The number of fused-ring (bicyclic) bond motifs is 1. The van der Waals surface area contributed by atoms with Gasteiger partial charge < -0.3 is 10.1 Å². The Labute approximate surface area is 112 Å². The van der Waals surface area contributed by atoms with E-state index in [1.165, 1.54) is 11.1 Å². The number of rotatable bonds is 1. The smallest absolute Gasteiger partial charge is 0.142 e. The molecule has 1 N–H and O–H groups in total. The Morgan fingerprint density at radius 1 is 1.17 bits per heavy atom. The minimum absolute atomic E-state index is 0.177. The SMILES string of the molecule is Cc1ccc([C@@H]2COc3ccc(Cl)cc3N2)cc1. The summed E-state index contributed by atoms with van der Waals surface area (Å²) in [5, 5.41) is 4.18. The molecule has 0 aliphatic carbocycles. The third-order valence-electron chi connectivity index (χ3n) is 3.16. The molecule has 0 radical (unpaired) electrons. The maximum absolute atomic E-state index is 6.00. The first kappa shape index (κ1) is 11.4. The molecule has 0 saturated heterocycles. The molecule has 1 aliphatic heterocycles. The van der Waals surface area contributed by atoms with Gasteiger partial charge in [-0.05, 0) is 30.7 Å². The number of aryl methyl sites for hydroxylation is 1. The van der Waals surface area contributed by atoms with Crippen LogP contribution in [0.1, 0.15) is 17.2 Å². The highest BCUT2D eigenvalue weighted by Crippen LogP contribution is 2.35. The molecule has 0 aromatic heterocycles. The Morgan fingerprint density at radius 3 is 2.72 bits per heavy atom. The molecule has 1 aliphatic rings. The summed E-state index contributed by atoms with van der Waals surface area (Å²) in [4.78, 5) is 0. The van der Waals surface area contributed by atoms with Crippen molar-refractivity contribution in [3.05, 3.63) is 58.6 Å². The van der Waals surface area contributed by atoms with Gasteiger partial charge in [0.15, 0.2) is 0 Å². The van der Waals surface area contributed by atoms with E-state index < -0.39 is 0 Å². The summed E-state index contributed by atoms with van der Waals surface area (Å²) in [5.41, 5.74) is 3.45. The Bertz CT molecular complexity index is 565. The van der Waals surface area contributed by atoms with Gasteiger partial charge in [-0.2, -0.15) is 0 Å². The van der Waals surface area contributed by atoms with E-state index in [1.54, 1.807) is 0 Å². The lowest BCUT2D eigenvalue weighted by atomic mass is 10.0. The number of hydrogen-bond acceptors (Lipinski definition) is 2. The molecule has 0 bridgehead atoms. The fourth-order valence-electron chi connectivity index (χ4n) is 2.12. The molecule has 18 heavy (non-hydrogen) atoms. The maximum atomic E-state index is 6.00. The summed E-state index contributed by atoms with van der Waals surface area (Å²) in [6.07, 6.45) is 0. The highest BCUT2D eigenvalue weighted by Gasteiger charge is 2.20. The van der Waals surface area contributed by atoms with Crippen LogP contribution in [0.2, 0.25) is 5.02 Å². The summed E-state index contributed by atoms with van der Waals surface area (Å²) >= 11 is 6.00. The summed E-state index contributed by atoms with van der Waals surface area (Å²) in [7, 11) is 0. The van der Waals surface area contributed by atoms with Gasteiger partial charge in [0.2, 0.25) is 0 Å². The number of ether oxygens (including phenoxy) is 1. The molecule has 2 aromatic carbocycles. The zero-order chi connectivity index (χ0) is 12.5. The highest BCUT2D eigenvalue weighted by molar-refractivity contribution is 6.30. The van der Waals surface area contributed by atoms with Crippen molar-refractivity contribution < 1.29 is 4.74 Å². The number of benzene rings is 2. The van der Waals surface area contributed by atoms with Gasteiger partial charge in [0.05, 0.1) is 11.7 Å². The molecule has 0 amide bonds. The van der Waals surface area contributed by atoms with Crippen LogP contribution in [0.25, 0.3) is 0 Å². The second-order valence-electron chi connectivity index (χ2n) is 4.56. The fourth-order valence-corrected chi connectivity index (χ4v) is 2.29. The predicted molar refractivity (Wildman–Crippen MR) is 74.5 cm³/mol. The Kier molecular flexibility index (Phi) is 2.88. The van der Waals surface area contributed by atoms with Crippen molar-refractivity contribution in [2.75, 3.05) is 11.9 Å². The van der Waals surface area contributed by atoms with E-state index in [-0.39, 0.29) is 6.04 Å². The summed E-state index contributed by atoms with van der Waals surface area (Å²) < 4.78 is 5.75. The second kappa shape index (κ2) is 4.54. The minimum atomic E-state index is 0.177. The molecule has 2 nitrogen and oxygen atoms in total. The van der Waals surface area contributed by atoms with E-state index in [9.17, 15) is 0 Å². The van der Waals surface area contributed by atoms with Crippen molar-refractivity contribution >= 4 is 17.3 Å². The number of halogens is 1. The van der Waals surface area contributed by atoms with Crippen LogP contribution in [0.4, 0.5) is 5.69 Å². The maximum Gasteiger partial charge on any atom is 0.142 e. The third kappa shape index (κ3) is 2.16. The largest absolute Gasteiger partial charge is 0.489 e. The van der Waals surface area contributed by atoms with E-state index in [2.05, 4.69) is 36.5 Å². The van der Waals surface area contributed by atoms with E-state index in [0.29, 0.717) is 6.61 Å². The van der Waals surface area contributed by atoms with Crippen LogP contribution in [-0.4, -0.2) is 6.61 Å². The lowest BCUT2D eigenvalue weighted by molar-refractivity contribution is 0.286. The first-order valence-electron chi connectivity index (χ1n) is 5.98. The van der Waals surface area contributed by atoms with Crippen molar-refractivity contribution in [1.29, 1.82) is 0 Å². The summed E-state index contributed by atoms with van der Waals surface area (Å²) in [5.74, 6) is 0.864. The molecule has 3 rings (SSSR count). The predicted octanol–water partition coefficient (Wildman–Crippen LogP) is 4.19. The Hall–Kier alpha value is -1.67. The van der Waals surface area contributed by atoms with Crippen LogP contribution in [-0.2, 0) is 0 Å². The van der Waals surface area contributed by atoms with Crippen molar-refractivity contribution in [3.8, 4) is 5.75 Å². The molecule has 0 unspecified atom stereocenters. The normalized spacial score (nSPS) is 17.6. The molecule has 1 atom stereocenters. The van der Waals surface area contributed by atoms with E-state index in [4.69, 9.17) is 16.3 Å². The topological polar surface area (TPSA) is 21.3 Å². The average Bonchev–Trinajstić information content (AvgIpc) is 2.38. The van der Waals surface area contributed by atoms with Crippen LogP contribution in [0.15, 0.2) is 42.5 Å². The van der Waals surface area contributed by atoms with Crippen LogP contribution in [0, 0.1) is 6.92 Å². The summed E-state index contributed by atoms with van der Waals surface area (Å²) in [6.45, 7) is 2.72. The van der Waals surface area contributed by atoms with Gasteiger partial charge in [-0.15, -0.1) is 0 Å². The first-order valence-corrected chi connectivity index (χ1v) is 6.35. The quantitative estimate of drug-likeness (QED) is 0.829. The van der Waals surface area contributed by atoms with Crippen LogP contribution < -0.4 is 10.1 Å². The van der Waals surface area contributed by atoms with E-state index >= 15 is 0 Å². The van der Waals surface area contributed by atoms with Gasteiger partial charge >= 0.3 is 0 Å². The molecule has 0 spiro atoms. The van der Waals surface area contributed by atoms with Crippen molar-refractivity contribution in [2.45, 2.75) is 13.0 Å². The second-order valence-corrected chi connectivity index (χ2v) is 5.00. The average molecular weight is 260 g/mol. The zero-order valence-corrected chi connectivity index (χ0v) is 10.9. The summed E-state index contributed by atoms with van der Waals surface area (Å²) in [6, 6.07) is 14.3. The fraction of sp³-hybridized carbons (Fsp3) is 0.200. The molecule has 0 fully saturated rings. The Balaban J connectivity index is 1.88. The molecule has 2 aromatic rings. The first-order chi connectivity index (χ1) is 8.72. The van der Waals surface area contributed by atoms with Gasteiger partial charge in [0, 0.05) is 5.02 Å². The number of hydrogen-bond donors (Lipinski definition) is 1. The molecule has 3 heteroatoms. The number of nitrogens with one attached hydrogen (secondary N) is 1. The molecule has 0 saturated carbocycles.